The van der Waals surface area contributed by atoms with Gasteiger partial charge in [0.25, 0.3) is 0 Å². The van der Waals surface area contributed by atoms with Crippen molar-refractivity contribution in [1.29, 1.82) is 5.26 Å². The van der Waals surface area contributed by atoms with E-state index in [2.05, 4.69) is 15.9 Å². The van der Waals surface area contributed by atoms with Gasteiger partial charge in [-0.1, -0.05) is 15.9 Å². The van der Waals surface area contributed by atoms with Crippen molar-refractivity contribution >= 4 is 28.0 Å². The molecule has 1 rings (SSSR count). The summed E-state index contributed by atoms with van der Waals surface area (Å²) in [4.78, 5) is 10.5. The van der Waals surface area contributed by atoms with Crippen LogP contribution in [0.1, 0.15) is 18.1 Å². The van der Waals surface area contributed by atoms with Gasteiger partial charge in [0.05, 0.1) is 0 Å². The van der Waals surface area contributed by atoms with E-state index >= 15 is 0 Å². The first kappa shape index (κ1) is 14.3. The Kier molecular flexibility index (Phi) is 4.93. The molecule has 0 saturated carbocycles. The second kappa shape index (κ2) is 6.22. The second-order valence-corrected chi connectivity index (χ2v) is 4.62. The van der Waals surface area contributed by atoms with E-state index in [1.54, 1.807) is 13.0 Å². The van der Waals surface area contributed by atoms with E-state index in [1.165, 1.54) is 6.08 Å². The van der Waals surface area contributed by atoms with Crippen LogP contribution in [0, 0.1) is 18.3 Å². The molecule has 0 amide bonds. The van der Waals surface area contributed by atoms with Crippen LogP contribution in [0.15, 0.2) is 22.7 Å². The molecule has 0 fully saturated rings. The maximum Gasteiger partial charge on any atom is 0.328 e. The first-order valence-corrected chi connectivity index (χ1v) is 6.00. The Balaban J connectivity index is 3.21. The highest BCUT2D eigenvalue weighted by Crippen LogP contribution is 2.30. The number of ether oxygens (including phenoxy) is 1. The van der Waals surface area contributed by atoms with Crippen LogP contribution in [-0.4, -0.2) is 17.2 Å². The molecule has 0 spiro atoms. The van der Waals surface area contributed by atoms with E-state index in [4.69, 9.17) is 15.1 Å². The number of carbonyl (C=O) groups is 1. The van der Waals surface area contributed by atoms with Crippen LogP contribution in [0.5, 0.6) is 5.75 Å². The quantitative estimate of drug-likeness (QED) is 0.867. The van der Waals surface area contributed by atoms with Gasteiger partial charge in [0.2, 0.25) is 0 Å². The summed E-state index contributed by atoms with van der Waals surface area (Å²) in [7, 11) is 0. The van der Waals surface area contributed by atoms with Crippen LogP contribution in [-0.2, 0) is 4.79 Å². The van der Waals surface area contributed by atoms with Crippen LogP contribution in [0.3, 0.4) is 0 Å². The normalized spacial score (nSPS) is 12.1. The number of carboxylic acid groups (broad SMARTS) is 1. The molecule has 4 nitrogen and oxygen atoms in total. The fourth-order valence-corrected chi connectivity index (χ4v) is 1.99. The molecule has 0 saturated heterocycles. The predicted molar refractivity (Wildman–Crippen MR) is 71.3 cm³/mol. The van der Waals surface area contributed by atoms with Crippen LogP contribution >= 0.6 is 15.9 Å². The number of hydrogen-bond acceptors (Lipinski definition) is 3. The number of rotatable bonds is 4. The first-order valence-electron chi connectivity index (χ1n) is 5.21. The van der Waals surface area contributed by atoms with Gasteiger partial charge in [-0.05, 0) is 37.6 Å². The minimum absolute atomic E-state index is 0.518. The lowest BCUT2D eigenvalue weighted by molar-refractivity contribution is -0.131. The van der Waals surface area contributed by atoms with Crippen molar-refractivity contribution in [2.75, 3.05) is 0 Å². The van der Waals surface area contributed by atoms with E-state index in [1.807, 2.05) is 19.1 Å². The van der Waals surface area contributed by atoms with Gasteiger partial charge in [0, 0.05) is 16.1 Å². The number of nitrogens with zero attached hydrogens (tertiary/aromatic N) is 1. The molecule has 1 N–H and O–H groups in total. The largest absolute Gasteiger partial charge is 0.478 e. The predicted octanol–water partition coefficient (Wildman–Crippen LogP) is 3.15. The Morgan fingerprint density at radius 1 is 1.61 bits per heavy atom. The van der Waals surface area contributed by atoms with Crippen LogP contribution in [0.2, 0.25) is 0 Å². The zero-order valence-electron chi connectivity index (χ0n) is 9.98. The van der Waals surface area contributed by atoms with Gasteiger partial charge in [-0.2, -0.15) is 5.26 Å². The maximum absolute atomic E-state index is 10.5. The Bertz CT molecular complexity index is 532. The summed E-state index contributed by atoms with van der Waals surface area (Å²) in [5.41, 5.74) is 1.45. The SMILES string of the molecule is Cc1cc(Br)cc(/C=C/C(=O)O)c1OC(C)C#N. The van der Waals surface area contributed by atoms with Crippen molar-refractivity contribution in [3.05, 3.63) is 33.8 Å². The fourth-order valence-electron chi connectivity index (χ4n) is 1.40. The summed E-state index contributed by atoms with van der Waals surface area (Å²) in [5, 5.41) is 17.4. The molecule has 0 aromatic heterocycles. The van der Waals surface area contributed by atoms with Crippen molar-refractivity contribution in [3.8, 4) is 11.8 Å². The van der Waals surface area contributed by atoms with Crippen LogP contribution in [0.4, 0.5) is 0 Å². The summed E-state index contributed by atoms with van der Waals surface area (Å²) in [6, 6.07) is 5.56. The fraction of sp³-hybridized carbons (Fsp3) is 0.231. The number of hydrogen-bond donors (Lipinski definition) is 1. The Morgan fingerprint density at radius 2 is 2.28 bits per heavy atom. The molecule has 18 heavy (non-hydrogen) atoms. The van der Waals surface area contributed by atoms with Crippen molar-refractivity contribution in [3.63, 3.8) is 0 Å². The van der Waals surface area contributed by atoms with Gasteiger partial charge in [-0.25, -0.2) is 4.79 Å². The average Bonchev–Trinajstić information content (AvgIpc) is 2.29. The maximum atomic E-state index is 10.5. The molecule has 94 valence electrons. The second-order valence-electron chi connectivity index (χ2n) is 3.70. The lowest BCUT2D eigenvalue weighted by Gasteiger charge is -2.14. The van der Waals surface area contributed by atoms with Crippen molar-refractivity contribution in [2.24, 2.45) is 0 Å². The lowest BCUT2D eigenvalue weighted by Crippen LogP contribution is -2.10. The van der Waals surface area contributed by atoms with Crippen LogP contribution in [0.25, 0.3) is 6.08 Å². The van der Waals surface area contributed by atoms with Crippen molar-refractivity contribution in [2.45, 2.75) is 20.0 Å². The Morgan fingerprint density at radius 3 is 2.83 bits per heavy atom. The molecule has 0 aliphatic heterocycles. The van der Waals surface area contributed by atoms with Gasteiger partial charge in [-0.3, -0.25) is 0 Å². The summed E-state index contributed by atoms with van der Waals surface area (Å²) in [6.07, 6.45) is 1.88. The van der Waals surface area contributed by atoms with Gasteiger partial charge < -0.3 is 9.84 Å². The zero-order valence-corrected chi connectivity index (χ0v) is 11.6. The summed E-state index contributed by atoms with van der Waals surface area (Å²) in [5.74, 6) is -0.517. The molecular formula is C13H12BrNO3. The van der Waals surface area contributed by atoms with Gasteiger partial charge in [-0.15, -0.1) is 0 Å². The highest BCUT2D eigenvalue weighted by molar-refractivity contribution is 9.10. The number of benzene rings is 1. The molecule has 1 aromatic rings. The smallest absolute Gasteiger partial charge is 0.328 e. The van der Waals surface area contributed by atoms with Crippen molar-refractivity contribution in [1.82, 2.24) is 0 Å². The lowest BCUT2D eigenvalue weighted by atomic mass is 10.1. The first-order chi connectivity index (χ1) is 8.43. The molecule has 1 aromatic carbocycles. The number of carboxylic acids is 1. The van der Waals surface area contributed by atoms with E-state index in [-0.39, 0.29) is 0 Å². The van der Waals surface area contributed by atoms with Gasteiger partial charge in [0.15, 0.2) is 6.10 Å². The molecular weight excluding hydrogens is 298 g/mol. The molecule has 0 aliphatic rings. The van der Waals surface area contributed by atoms with E-state index in [0.717, 1.165) is 16.1 Å². The van der Waals surface area contributed by atoms with E-state index in [0.29, 0.717) is 11.3 Å². The van der Waals surface area contributed by atoms with E-state index in [9.17, 15) is 4.79 Å². The summed E-state index contributed by atoms with van der Waals surface area (Å²) >= 11 is 3.34. The van der Waals surface area contributed by atoms with Crippen LogP contribution < -0.4 is 4.74 Å². The number of aryl methyl sites for hydroxylation is 1. The third-order valence-electron chi connectivity index (χ3n) is 2.15. The topological polar surface area (TPSA) is 70.3 Å². The molecule has 0 radical (unpaired) electrons. The monoisotopic (exact) mass is 309 g/mol. The minimum Gasteiger partial charge on any atom is -0.478 e. The third kappa shape index (κ3) is 3.90. The Hall–Kier alpha value is -1.80. The molecule has 5 heteroatoms. The minimum atomic E-state index is -1.04. The van der Waals surface area contributed by atoms with Crippen molar-refractivity contribution < 1.29 is 14.6 Å². The average molecular weight is 310 g/mol. The molecule has 0 bridgehead atoms. The standard InChI is InChI=1S/C13H12BrNO3/c1-8-5-11(14)6-10(3-4-12(16)17)13(8)18-9(2)7-15/h3-6,9H,1-2H3,(H,16,17)/b4-3+. The summed E-state index contributed by atoms with van der Waals surface area (Å²) in [6.45, 7) is 3.47. The Labute approximate surface area is 114 Å². The number of aliphatic carboxylic acids is 1. The highest BCUT2D eigenvalue weighted by Gasteiger charge is 2.10. The highest BCUT2D eigenvalue weighted by atomic mass is 79.9. The van der Waals surface area contributed by atoms with Gasteiger partial charge >= 0.3 is 5.97 Å². The molecule has 0 heterocycles. The molecule has 1 unspecified atom stereocenters. The third-order valence-corrected chi connectivity index (χ3v) is 2.61. The number of halogens is 1. The molecule has 0 aliphatic carbocycles. The molecule has 1 atom stereocenters. The van der Waals surface area contributed by atoms with E-state index < -0.39 is 12.1 Å². The summed E-state index contributed by atoms with van der Waals surface area (Å²) < 4.78 is 6.31. The zero-order chi connectivity index (χ0) is 13.7. The number of nitriles is 1. The van der Waals surface area contributed by atoms with Gasteiger partial charge in [0.1, 0.15) is 11.8 Å².